The second kappa shape index (κ2) is 7.64. The first-order valence-corrected chi connectivity index (χ1v) is 10.6. The van der Waals surface area contributed by atoms with Crippen molar-refractivity contribution in [2.24, 2.45) is 11.8 Å². The minimum Gasteiger partial charge on any atom is -0.481 e. The predicted octanol–water partition coefficient (Wildman–Crippen LogP) is 3.89. The van der Waals surface area contributed by atoms with Crippen molar-refractivity contribution in [2.75, 3.05) is 5.32 Å². The third-order valence-electron chi connectivity index (χ3n) is 5.65. The minimum absolute atomic E-state index is 0.307. The Morgan fingerprint density at radius 2 is 1.89 bits per heavy atom. The summed E-state index contributed by atoms with van der Waals surface area (Å²) in [5, 5.41) is 12.8. The van der Waals surface area contributed by atoms with Gasteiger partial charge < -0.3 is 15.2 Å². The number of hydrogen-bond acceptors (Lipinski definition) is 5. The Morgan fingerprint density at radius 3 is 2.54 bits per heavy atom. The summed E-state index contributed by atoms with van der Waals surface area (Å²) in [7, 11) is 0. The van der Waals surface area contributed by atoms with Gasteiger partial charge in [-0.05, 0) is 31.7 Å². The number of nitrogens with one attached hydrogen (secondary N) is 1. The fourth-order valence-electron chi connectivity index (χ4n) is 4.35. The number of amides is 1. The third kappa shape index (κ3) is 3.44. The van der Waals surface area contributed by atoms with Crippen LogP contribution in [-0.4, -0.2) is 34.2 Å². The Bertz CT molecular complexity index is 892. The zero-order chi connectivity index (χ0) is 19.8. The number of rotatable bonds is 6. The van der Waals surface area contributed by atoms with Crippen molar-refractivity contribution in [3.63, 3.8) is 0 Å². The molecule has 2 aromatic rings. The van der Waals surface area contributed by atoms with E-state index in [9.17, 15) is 14.7 Å². The van der Waals surface area contributed by atoms with Gasteiger partial charge in [0.25, 0.3) is 0 Å². The van der Waals surface area contributed by atoms with Gasteiger partial charge in [0.05, 0.1) is 29.7 Å². The molecule has 0 radical (unpaired) electrons. The van der Waals surface area contributed by atoms with Crippen LogP contribution < -0.4 is 5.32 Å². The van der Waals surface area contributed by atoms with Crippen molar-refractivity contribution in [1.82, 2.24) is 4.98 Å². The lowest BCUT2D eigenvalue weighted by molar-refractivity contribution is -0.147. The van der Waals surface area contributed by atoms with E-state index in [-0.39, 0.29) is 18.1 Å². The van der Waals surface area contributed by atoms with E-state index in [0.717, 1.165) is 35.4 Å². The lowest BCUT2D eigenvalue weighted by atomic mass is 9.79. The van der Waals surface area contributed by atoms with Crippen LogP contribution in [0.4, 0.5) is 5.13 Å². The first kappa shape index (κ1) is 19.1. The van der Waals surface area contributed by atoms with Gasteiger partial charge in [-0.2, -0.15) is 0 Å². The van der Waals surface area contributed by atoms with E-state index in [1.165, 1.54) is 16.9 Å². The molecule has 2 aliphatic rings. The SMILES string of the molecule is CCCc1ccc(-c2nc(NC(=O)[C@@H]3[C@H](C(=O)O)[C@H]4CC[C@H]3O4)sc2C)cc1. The molecule has 0 saturated carbocycles. The number of thiazole rings is 1. The number of nitrogens with zero attached hydrogens (tertiary/aromatic N) is 1. The number of aromatic nitrogens is 1. The summed E-state index contributed by atoms with van der Waals surface area (Å²) in [5.41, 5.74) is 3.16. The van der Waals surface area contributed by atoms with Gasteiger partial charge in [0.15, 0.2) is 5.13 Å². The van der Waals surface area contributed by atoms with Crippen LogP contribution in [-0.2, 0) is 20.7 Å². The van der Waals surface area contributed by atoms with E-state index < -0.39 is 17.8 Å². The van der Waals surface area contributed by atoms with Crippen LogP contribution in [0.3, 0.4) is 0 Å². The summed E-state index contributed by atoms with van der Waals surface area (Å²) in [6.45, 7) is 4.13. The van der Waals surface area contributed by atoms with Gasteiger partial charge in [-0.15, -0.1) is 11.3 Å². The summed E-state index contributed by atoms with van der Waals surface area (Å²) < 4.78 is 5.69. The van der Waals surface area contributed by atoms with E-state index in [0.29, 0.717) is 11.6 Å². The van der Waals surface area contributed by atoms with Crippen molar-refractivity contribution in [3.05, 3.63) is 34.7 Å². The molecule has 148 valence electrons. The second-order valence-corrected chi connectivity index (χ2v) is 8.74. The van der Waals surface area contributed by atoms with Crippen LogP contribution in [0.5, 0.6) is 0 Å². The summed E-state index contributed by atoms with van der Waals surface area (Å²) in [5.74, 6) is -2.70. The molecule has 1 aromatic carbocycles. The average molecular weight is 401 g/mol. The molecule has 0 unspecified atom stereocenters. The van der Waals surface area contributed by atoms with Crippen molar-refractivity contribution in [3.8, 4) is 11.3 Å². The molecule has 4 rings (SSSR count). The third-order valence-corrected chi connectivity index (χ3v) is 6.54. The molecule has 1 aromatic heterocycles. The number of carboxylic acid groups (broad SMARTS) is 1. The molecule has 0 spiro atoms. The number of aryl methyl sites for hydroxylation is 2. The Balaban J connectivity index is 1.51. The minimum atomic E-state index is -0.962. The van der Waals surface area contributed by atoms with E-state index in [2.05, 4.69) is 41.5 Å². The smallest absolute Gasteiger partial charge is 0.310 e. The van der Waals surface area contributed by atoms with Crippen molar-refractivity contribution in [2.45, 2.75) is 51.7 Å². The first-order chi connectivity index (χ1) is 13.5. The Kier molecular flexibility index (Phi) is 5.21. The van der Waals surface area contributed by atoms with E-state index in [4.69, 9.17) is 4.74 Å². The molecule has 3 heterocycles. The van der Waals surface area contributed by atoms with Crippen molar-refractivity contribution < 1.29 is 19.4 Å². The van der Waals surface area contributed by atoms with Crippen molar-refractivity contribution in [1.29, 1.82) is 0 Å². The van der Waals surface area contributed by atoms with E-state index in [1.807, 2.05) is 6.92 Å². The molecule has 1 amide bonds. The summed E-state index contributed by atoms with van der Waals surface area (Å²) in [6.07, 6.45) is 2.94. The van der Waals surface area contributed by atoms with Gasteiger partial charge in [0.1, 0.15) is 0 Å². The zero-order valence-corrected chi connectivity index (χ0v) is 16.8. The van der Waals surface area contributed by atoms with Crippen LogP contribution in [0.15, 0.2) is 24.3 Å². The molecule has 2 N–H and O–H groups in total. The fourth-order valence-corrected chi connectivity index (χ4v) is 5.19. The highest BCUT2D eigenvalue weighted by atomic mass is 32.1. The maximum atomic E-state index is 12.8. The van der Waals surface area contributed by atoms with Crippen LogP contribution >= 0.6 is 11.3 Å². The van der Waals surface area contributed by atoms with E-state index in [1.54, 1.807) is 0 Å². The number of aliphatic carboxylic acids is 1. The second-order valence-electron chi connectivity index (χ2n) is 7.54. The van der Waals surface area contributed by atoms with Crippen LogP contribution in [0.1, 0.15) is 36.6 Å². The number of ether oxygens (including phenoxy) is 1. The highest BCUT2D eigenvalue weighted by Crippen LogP contribution is 2.44. The molecule has 28 heavy (non-hydrogen) atoms. The topological polar surface area (TPSA) is 88.5 Å². The van der Waals surface area contributed by atoms with Gasteiger partial charge in [-0.3, -0.25) is 9.59 Å². The highest BCUT2D eigenvalue weighted by molar-refractivity contribution is 7.16. The van der Waals surface area contributed by atoms with Crippen molar-refractivity contribution >= 4 is 28.3 Å². The molecular weight excluding hydrogens is 376 g/mol. The molecule has 4 atom stereocenters. The lowest BCUT2D eigenvalue weighted by Gasteiger charge is -2.23. The standard InChI is InChI=1S/C21H24N2O4S/c1-3-4-12-5-7-13(8-6-12)18-11(2)28-21(22-18)23-19(24)16-14-9-10-15(27-14)17(16)20(25)26/h5-8,14-17H,3-4,9-10H2,1-2H3,(H,25,26)(H,22,23,24)/t14-,15-,16+,17-/m1/s1. The lowest BCUT2D eigenvalue weighted by Crippen LogP contribution is -2.40. The Morgan fingerprint density at radius 1 is 1.21 bits per heavy atom. The zero-order valence-electron chi connectivity index (χ0n) is 16.0. The van der Waals surface area contributed by atoms with Crippen LogP contribution in [0, 0.1) is 18.8 Å². The number of anilines is 1. The van der Waals surface area contributed by atoms with Crippen LogP contribution in [0.25, 0.3) is 11.3 Å². The maximum Gasteiger partial charge on any atom is 0.310 e. The number of carboxylic acids is 1. The summed E-state index contributed by atoms with van der Waals surface area (Å²) in [6, 6.07) is 8.34. The monoisotopic (exact) mass is 400 g/mol. The maximum absolute atomic E-state index is 12.8. The Hall–Kier alpha value is -2.25. The molecule has 7 heteroatoms. The molecule has 2 bridgehead atoms. The van der Waals surface area contributed by atoms with Gasteiger partial charge >= 0.3 is 5.97 Å². The number of hydrogen-bond donors (Lipinski definition) is 2. The number of carbonyl (C=O) groups excluding carboxylic acids is 1. The largest absolute Gasteiger partial charge is 0.481 e. The predicted molar refractivity (Wildman–Crippen MR) is 107 cm³/mol. The molecule has 6 nitrogen and oxygen atoms in total. The quantitative estimate of drug-likeness (QED) is 0.768. The van der Waals surface area contributed by atoms with Gasteiger partial charge in [0, 0.05) is 10.4 Å². The van der Waals surface area contributed by atoms with Gasteiger partial charge in [-0.25, -0.2) is 4.98 Å². The van der Waals surface area contributed by atoms with Crippen LogP contribution in [0.2, 0.25) is 0 Å². The number of benzene rings is 1. The summed E-state index contributed by atoms with van der Waals surface area (Å²) >= 11 is 1.41. The molecule has 0 aliphatic carbocycles. The first-order valence-electron chi connectivity index (χ1n) is 9.73. The highest BCUT2D eigenvalue weighted by Gasteiger charge is 2.55. The number of fused-ring (bicyclic) bond motifs is 2. The number of carbonyl (C=O) groups is 2. The summed E-state index contributed by atoms with van der Waals surface area (Å²) in [4.78, 5) is 30.0. The normalized spacial score (nSPS) is 25.8. The molecule has 2 aliphatic heterocycles. The molecular formula is C21H24N2O4S. The van der Waals surface area contributed by atoms with Gasteiger partial charge in [0.2, 0.25) is 5.91 Å². The van der Waals surface area contributed by atoms with E-state index >= 15 is 0 Å². The Labute approximate surface area is 167 Å². The molecule has 2 fully saturated rings. The molecule has 2 saturated heterocycles. The average Bonchev–Trinajstić information content (AvgIpc) is 3.37. The fraction of sp³-hybridized carbons (Fsp3) is 0.476. The van der Waals surface area contributed by atoms with Gasteiger partial charge in [-0.1, -0.05) is 37.6 Å².